The number of pyridine rings is 1. The molecule has 1 amide bonds. The third-order valence-corrected chi connectivity index (χ3v) is 4.08. The van der Waals surface area contributed by atoms with Gasteiger partial charge < -0.3 is 10.0 Å². The van der Waals surface area contributed by atoms with E-state index in [4.69, 9.17) is 5.11 Å². The summed E-state index contributed by atoms with van der Waals surface area (Å²) in [5, 5.41) is 9.09. The molecule has 1 aromatic rings. The highest BCUT2D eigenvalue weighted by molar-refractivity contribution is 5.94. The van der Waals surface area contributed by atoms with Crippen LogP contribution in [0, 0.1) is 5.92 Å². The number of aromatic nitrogens is 1. The van der Waals surface area contributed by atoms with Crippen molar-refractivity contribution < 1.29 is 14.7 Å². The fourth-order valence-electron chi connectivity index (χ4n) is 2.73. The minimum atomic E-state index is -0.809. The Balaban J connectivity index is 1.74. The van der Waals surface area contributed by atoms with Gasteiger partial charge in [0.1, 0.15) is 0 Å². The van der Waals surface area contributed by atoms with Gasteiger partial charge in [-0.1, -0.05) is 0 Å². The Labute approximate surface area is 117 Å². The summed E-state index contributed by atoms with van der Waals surface area (Å²) in [4.78, 5) is 29.5. The van der Waals surface area contributed by atoms with Gasteiger partial charge in [0, 0.05) is 36.5 Å². The summed E-state index contributed by atoms with van der Waals surface area (Å²) in [6.45, 7) is 0.957. The number of carbonyl (C=O) groups is 2. The molecule has 0 aromatic carbocycles. The largest absolute Gasteiger partial charge is 0.481 e. The number of amides is 1. The molecule has 1 N–H and O–H groups in total. The van der Waals surface area contributed by atoms with Gasteiger partial charge in [0.25, 0.3) is 5.91 Å². The number of hydrogen-bond donors (Lipinski definition) is 1. The number of hydrogen-bond acceptors (Lipinski definition) is 3. The summed E-state index contributed by atoms with van der Waals surface area (Å²) >= 11 is 0. The van der Waals surface area contributed by atoms with Crippen LogP contribution in [0.4, 0.5) is 0 Å². The van der Waals surface area contributed by atoms with E-state index >= 15 is 0 Å². The number of likely N-dealkylation sites (tertiary alicyclic amines) is 1. The van der Waals surface area contributed by atoms with Gasteiger partial charge in [0.2, 0.25) is 0 Å². The first kappa shape index (κ1) is 13.1. The van der Waals surface area contributed by atoms with Crippen molar-refractivity contribution in [2.24, 2.45) is 5.92 Å². The first-order valence-electron chi connectivity index (χ1n) is 7.13. The molecule has 5 heteroatoms. The summed E-state index contributed by atoms with van der Waals surface area (Å²) in [5.74, 6) is -0.801. The summed E-state index contributed by atoms with van der Waals surface area (Å²) < 4.78 is 0. The number of carboxylic acids is 1. The second-order valence-corrected chi connectivity index (χ2v) is 5.67. The van der Waals surface area contributed by atoms with E-state index in [9.17, 15) is 9.59 Å². The fourth-order valence-corrected chi connectivity index (χ4v) is 2.73. The Hall–Kier alpha value is -1.91. The molecular weight excluding hydrogens is 256 g/mol. The van der Waals surface area contributed by atoms with Gasteiger partial charge in [-0.05, 0) is 37.8 Å². The van der Waals surface area contributed by atoms with E-state index in [0.29, 0.717) is 31.0 Å². The number of nitrogens with zero attached hydrogens (tertiary/aromatic N) is 2. The molecule has 1 aromatic heterocycles. The van der Waals surface area contributed by atoms with E-state index in [-0.39, 0.29) is 5.91 Å². The van der Waals surface area contributed by atoms with E-state index in [0.717, 1.165) is 25.0 Å². The quantitative estimate of drug-likeness (QED) is 0.913. The molecule has 0 radical (unpaired) electrons. The molecule has 0 bridgehead atoms. The average Bonchev–Trinajstić information content (AvgIpc) is 3.31. The van der Waals surface area contributed by atoms with E-state index < -0.39 is 11.9 Å². The molecule has 20 heavy (non-hydrogen) atoms. The minimum absolute atomic E-state index is 0.0692. The molecule has 106 valence electrons. The fraction of sp³-hybridized carbons (Fsp3) is 0.533. The van der Waals surface area contributed by atoms with Crippen LogP contribution in [0.1, 0.15) is 47.7 Å². The van der Waals surface area contributed by atoms with Crippen molar-refractivity contribution in [2.75, 3.05) is 13.1 Å². The van der Waals surface area contributed by atoms with Crippen LogP contribution in [0.2, 0.25) is 0 Å². The number of piperidine rings is 1. The number of carboxylic acid groups (broad SMARTS) is 1. The summed E-state index contributed by atoms with van der Waals surface area (Å²) in [5.41, 5.74) is 1.62. The zero-order valence-corrected chi connectivity index (χ0v) is 11.3. The highest BCUT2D eigenvalue weighted by atomic mass is 16.4. The summed E-state index contributed by atoms with van der Waals surface area (Å²) in [7, 11) is 0. The third kappa shape index (κ3) is 2.66. The third-order valence-electron chi connectivity index (χ3n) is 4.08. The van der Waals surface area contributed by atoms with Crippen LogP contribution in [0.3, 0.4) is 0 Å². The van der Waals surface area contributed by atoms with Gasteiger partial charge in [0.15, 0.2) is 0 Å². The predicted octanol–water partition coefficient (Wildman–Crippen LogP) is 1.90. The molecule has 1 saturated heterocycles. The Morgan fingerprint density at radius 1 is 1.30 bits per heavy atom. The second-order valence-electron chi connectivity index (χ2n) is 5.67. The van der Waals surface area contributed by atoms with E-state index in [1.807, 2.05) is 6.07 Å². The molecule has 3 rings (SSSR count). The smallest absolute Gasteiger partial charge is 0.308 e. The van der Waals surface area contributed by atoms with Crippen LogP contribution in [0.25, 0.3) is 0 Å². The lowest BCUT2D eigenvalue weighted by Crippen LogP contribution is -2.42. The van der Waals surface area contributed by atoms with Crippen molar-refractivity contribution in [2.45, 2.75) is 31.6 Å². The molecule has 2 aliphatic rings. The van der Waals surface area contributed by atoms with E-state index in [1.165, 1.54) is 0 Å². The topological polar surface area (TPSA) is 70.5 Å². The first-order chi connectivity index (χ1) is 9.65. The van der Waals surface area contributed by atoms with Crippen LogP contribution < -0.4 is 0 Å². The Bertz CT molecular complexity index is 540. The highest BCUT2D eigenvalue weighted by Crippen LogP contribution is 2.39. The summed E-state index contributed by atoms with van der Waals surface area (Å²) in [6, 6.07) is 3.59. The highest BCUT2D eigenvalue weighted by Gasteiger charge is 2.30. The van der Waals surface area contributed by atoms with Gasteiger partial charge in [-0.2, -0.15) is 0 Å². The van der Waals surface area contributed by atoms with E-state index in [2.05, 4.69) is 4.98 Å². The summed E-state index contributed by atoms with van der Waals surface area (Å²) in [6.07, 6.45) is 5.39. The Morgan fingerprint density at radius 2 is 2.10 bits per heavy atom. The van der Waals surface area contributed by atoms with Gasteiger partial charge in [-0.25, -0.2) is 0 Å². The predicted molar refractivity (Wildman–Crippen MR) is 72.5 cm³/mol. The lowest BCUT2D eigenvalue weighted by molar-refractivity contribution is -0.143. The van der Waals surface area contributed by atoms with Gasteiger partial charge >= 0.3 is 5.97 Å². The van der Waals surface area contributed by atoms with Crippen molar-refractivity contribution in [3.05, 3.63) is 29.6 Å². The Morgan fingerprint density at radius 3 is 2.80 bits per heavy atom. The van der Waals surface area contributed by atoms with Crippen LogP contribution in [0.15, 0.2) is 18.3 Å². The van der Waals surface area contributed by atoms with Crippen LogP contribution in [0.5, 0.6) is 0 Å². The lowest BCUT2D eigenvalue weighted by Gasteiger charge is -2.30. The van der Waals surface area contributed by atoms with Crippen molar-refractivity contribution in [1.82, 2.24) is 9.88 Å². The average molecular weight is 274 g/mol. The van der Waals surface area contributed by atoms with Crippen molar-refractivity contribution in [3.63, 3.8) is 0 Å². The standard InChI is InChI=1S/C15H18N2O3/c18-14(17-7-1-2-12(9-17)15(19)20)11-5-6-16-13(8-11)10-3-4-10/h5-6,8,10,12H,1-4,7,9H2,(H,19,20). The second kappa shape index (κ2) is 5.23. The molecule has 0 spiro atoms. The monoisotopic (exact) mass is 274 g/mol. The molecular formula is C15H18N2O3. The number of aliphatic carboxylic acids is 1. The SMILES string of the molecule is O=C(O)C1CCCN(C(=O)c2ccnc(C3CC3)c2)C1. The lowest BCUT2D eigenvalue weighted by atomic mass is 9.97. The van der Waals surface area contributed by atoms with Gasteiger partial charge in [-0.15, -0.1) is 0 Å². The molecule has 5 nitrogen and oxygen atoms in total. The normalized spacial score (nSPS) is 22.6. The maximum Gasteiger partial charge on any atom is 0.308 e. The van der Waals surface area contributed by atoms with Crippen molar-refractivity contribution in [3.8, 4) is 0 Å². The van der Waals surface area contributed by atoms with Crippen LogP contribution in [-0.4, -0.2) is 40.0 Å². The molecule has 1 unspecified atom stereocenters. The maximum absolute atomic E-state index is 12.5. The van der Waals surface area contributed by atoms with E-state index in [1.54, 1.807) is 17.2 Å². The van der Waals surface area contributed by atoms with Crippen molar-refractivity contribution >= 4 is 11.9 Å². The molecule has 2 heterocycles. The van der Waals surface area contributed by atoms with Crippen LogP contribution in [-0.2, 0) is 4.79 Å². The minimum Gasteiger partial charge on any atom is -0.481 e. The zero-order chi connectivity index (χ0) is 14.1. The first-order valence-corrected chi connectivity index (χ1v) is 7.13. The molecule has 1 aliphatic carbocycles. The zero-order valence-electron chi connectivity index (χ0n) is 11.3. The van der Waals surface area contributed by atoms with Gasteiger partial charge in [-0.3, -0.25) is 14.6 Å². The molecule has 1 aliphatic heterocycles. The van der Waals surface area contributed by atoms with Crippen molar-refractivity contribution in [1.29, 1.82) is 0 Å². The molecule has 1 atom stereocenters. The van der Waals surface area contributed by atoms with Crippen LogP contribution >= 0.6 is 0 Å². The number of carbonyl (C=O) groups excluding carboxylic acids is 1. The number of rotatable bonds is 3. The molecule has 2 fully saturated rings. The molecule has 1 saturated carbocycles. The maximum atomic E-state index is 12.5. The Kier molecular flexibility index (Phi) is 3.42. The van der Waals surface area contributed by atoms with Gasteiger partial charge in [0.05, 0.1) is 5.92 Å².